The Morgan fingerprint density at radius 1 is 1.25 bits per heavy atom. The summed E-state index contributed by atoms with van der Waals surface area (Å²) in [5.41, 5.74) is 3.91. The highest BCUT2D eigenvalue weighted by Crippen LogP contribution is 2.30. The Labute approximate surface area is 161 Å². The molecule has 1 aliphatic rings. The molecule has 3 heterocycles. The molecule has 7 nitrogen and oxygen atoms in total. The monoisotopic (exact) mass is 384 g/mol. The number of benzene rings is 1. The molecule has 1 aliphatic heterocycles. The van der Waals surface area contributed by atoms with Crippen LogP contribution in [0.5, 0.6) is 0 Å². The van der Waals surface area contributed by atoms with Crippen molar-refractivity contribution in [1.82, 2.24) is 19.9 Å². The third kappa shape index (κ3) is 3.37. The molecule has 146 valence electrons. The van der Waals surface area contributed by atoms with E-state index in [4.69, 9.17) is 5.11 Å². The van der Waals surface area contributed by atoms with Crippen molar-refractivity contribution >= 4 is 16.8 Å². The maximum absolute atomic E-state index is 13.2. The number of carbonyl (C=O) groups is 1. The molecule has 8 heteroatoms. The van der Waals surface area contributed by atoms with Crippen molar-refractivity contribution in [2.45, 2.75) is 19.5 Å². The predicted octanol–water partition coefficient (Wildman–Crippen LogP) is 1.69. The summed E-state index contributed by atoms with van der Waals surface area (Å²) in [5, 5.41) is 23.6. The number of halogens is 1. The number of hydrogen-bond acceptors (Lipinski definition) is 5. The summed E-state index contributed by atoms with van der Waals surface area (Å²) >= 11 is 0. The fraction of sp³-hybridized carbons (Fsp3) is 0.300. The number of amides is 1. The number of pyridine rings is 1. The molecule has 28 heavy (non-hydrogen) atoms. The third-order valence-corrected chi connectivity index (χ3v) is 4.98. The van der Waals surface area contributed by atoms with Crippen molar-refractivity contribution in [2.75, 3.05) is 19.7 Å². The van der Waals surface area contributed by atoms with Crippen molar-refractivity contribution in [3.63, 3.8) is 0 Å². The molecule has 3 aromatic rings. The van der Waals surface area contributed by atoms with E-state index < -0.39 is 5.91 Å². The van der Waals surface area contributed by atoms with Crippen LogP contribution in [0, 0.1) is 5.82 Å². The number of nitrogens with one attached hydrogen (secondary N) is 1. The topological polar surface area (TPSA) is 90.6 Å². The lowest BCUT2D eigenvalue weighted by Crippen LogP contribution is -2.35. The minimum atomic E-state index is -0.497. The van der Waals surface area contributed by atoms with Crippen LogP contribution >= 0.6 is 0 Å². The van der Waals surface area contributed by atoms with Crippen LogP contribution < -0.4 is 5.32 Å². The van der Waals surface area contributed by atoms with Crippen molar-refractivity contribution in [3.8, 4) is 0 Å². The van der Waals surface area contributed by atoms with Gasteiger partial charge in [0.1, 0.15) is 11.5 Å². The van der Waals surface area contributed by atoms with Gasteiger partial charge in [0.15, 0.2) is 0 Å². The molecule has 0 spiro atoms. The molecule has 1 aromatic carbocycles. The van der Waals surface area contributed by atoms with E-state index in [-0.39, 0.29) is 24.7 Å². The molecular weight excluding hydrogens is 363 g/mol. The van der Waals surface area contributed by atoms with E-state index in [0.29, 0.717) is 31.1 Å². The standard InChI is InChI=1S/C20H21FN4O3/c21-15-3-1-13(2-4-15)11-24-12-14(9-22-6-8-26)18-16-5-7-25(28)20(27)19(16)23-10-17(18)24/h1-4,10,12,22,26,28H,5-9,11H2. The van der Waals surface area contributed by atoms with Gasteiger partial charge in [-0.3, -0.25) is 10.0 Å². The maximum Gasteiger partial charge on any atom is 0.296 e. The van der Waals surface area contributed by atoms with Crippen molar-refractivity contribution < 1.29 is 19.5 Å². The molecule has 0 unspecified atom stereocenters. The highest BCUT2D eigenvalue weighted by atomic mass is 19.1. The zero-order chi connectivity index (χ0) is 19.7. The van der Waals surface area contributed by atoms with Crippen LogP contribution in [-0.2, 0) is 19.5 Å². The molecule has 0 atom stereocenters. The summed E-state index contributed by atoms with van der Waals surface area (Å²) < 4.78 is 15.2. The van der Waals surface area contributed by atoms with E-state index in [2.05, 4.69) is 10.3 Å². The summed E-state index contributed by atoms with van der Waals surface area (Å²) in [5.74, 6) is -0.776. The molecule has 2 aromatic heterocycles. The number of aliphatic hydroxyl groups is 1. The van der Waals surface area contributed by atoms with E-state index in [1.165, 1.54) is 12.1 Å². The number of fused-ring (bicyclic) bond motifs is 3. The van der Waals surface area contributed by atoms with Crippen molar-refractivity contribution in [3.05, 3.63) is 64.9 Å². The first kappa shape index (κ1) is 18.5. The number of aliphatic hydroxyl groups excluding tert-OH is 1. The Hall–Kier alpha value is -2.81. The highest BCUT2D eigenvalue weighted by Gasteiger charge is 2.28. The summed E-state index contributed by atoms with van der Waals surface area (Å²) in [6.07, 6.45) is 4.15. The number of carbonyl (C=O) groups excluding carboxylic acids is 1. The van der Waals surface area contributed by atoms with Gasteiger partial charge in [0.2, 0.25) is 0 Å². The van der Waals surface area contributed by atoms with Gasteiger partial charge < -0.3 is 15.0 Å². The summed E-state index contributed by atoms with van der Waals surface area (Å²) in [7, 11) is 0. The molecular formula is C20H21FN4O3. The van der Waals surface area contributed by atoms with Gasteiger partial charge in [-0.05, 0) is 35.2 Å². The summed E-state index contributed by atoms with van der Waals surface area (Å²) in [6, 6.07) is 6.34. The Bertz CT molecular complexity index is 1020. The van der Waals surface area contributed by atoms with Crippen LogP contribution in [0.2, 0.25) is 0 Å². The first-order valence-electron chi connectivity index (χ1n) is 9.15. The van der Waals surface area contributed by atoms with Gasteiger partial charge in [-0.1, -0.05) is 12.1 Å². The van der Waals surface area contributed by atoms with Gasteiger partial charge in [-0.2, -0.15) is 0 Å². The van der Waals surface area contributed by atoms with E-state index in [0.717, 1.165) is 27.6 Å². The summed E-state index contributed by atoms with van der Waals surface area (Å²) in [4.78, 5) is 16.6. The minimum Gasteiger partial charge on any atom is -0.395 e. The van der Waals surface area contributed by atoms with Gasteiger partial charge in [0, 0.05) is 31.2 Å². The van der Waals surface area contributed by atoms with Crippen LogP contribution in [0.4, 0.5) is 4.39 Å². The van der Waals surface area contributed by atoms with Gasteiger partial charge >= 0.3 is 0 Å². The predicted molar refractivity (Wildman–Crippen MR) is 101 cm³/mol. The second-order valence-corrected chi connectivity index (χ2v) is 6.83. The number of hydroxylamine groups is 2. The Morgan fingerprint density at radius 3 is 2.79 bits per heavy atom. The normalized spacial score (nSPS) is 14.0. The van der Waals surface area contributed by atoms with Crippen LogP contribution in [0.1, 0.15) is 27.2 Å². The second kappa shape index (κ2) is 7.67. The van der Waals surface area contributed by atoms with Crippen LogP contribution in [0.25, 0.3) is 10.9 Å². The van der Waals surface area contributed by atoms with Crippen molar-refractivity contribution in [1.29, 1.82) is 0 Å². The molecule has 0 saturated heterocycles. The van der Waals surface area contributed by atoms with Crippen LogP contribution in [-0.4, -0.2) is 50.5 Å². The number of hydrogen-bond donors (Lipinski definition) is 3. The zero-order valence-electron chi connectivity index (χ0n) is 15.2. The van der Waals surface area contributed by atoms with Crippen LogP contribution in [0.15, 0.2) is 36.7 Å². The first-order valence-corrected chi connectivity index (χ1v) is 9.15. The van der Waals surface area contributed by atoms with Crippen LogP contribution in [0.3, 0.4) is 0 Å². The lowest BCUT2D eigenvalue weighted by Gasteiger charge is -2.23. The maximum atomic E-state index is 13.2. The smallest absolute Gasteiger partial charge is 0.296 e. The SMILES string of the molecule is O=C1c2ncc3c(c(CNCCO)cn3Cc3ccc(F)cc3)c2CCN1O. The average Bonchev–Trinajstić information content (AvgIpc) is 3.04. The Morgan fingerprint density at radius 2 is 2.04 bits per heavy atom. The average molecular weight is 384 g/mol. The number of aromatic nitrogens is 2. The molecule has 3 N–H and O–H groups in total. The number of nitrogens with zero attached hydrogens (tertiary/aromatic N) is 3. The molecule has 0 saturated carbocycles. The summed E-state index contributed by atoms with van der Waals surface area (Å²) in [6.45, 7) is 1.78. The zero-order valence-corrected chi connectivity index (χ0v) is 15.2. The second-order valence-electron chi connectivity index (χ2n) is 6.83. The van der Waals surface area contributed by atoms with Gasteiger partial charge in [-0.25, -0.2) is 14.4 Å². The number of rotatable bonds is 6. The third-order valence-electron chi connectivity index (χ3n) is 4.98. The Balaban J connectivity index is 1.80. The molecule has 1 amide bonds. The lowest BCUT2D eigenvalue weighted by atomic mass is 9.99. The fourth-order valence-corrected chi connectivity index (χ4v) is 3.66. The van der Waals surface area contributed by atoms with Gasteiger partial charge in [0.05, 0.1) is 24.9 Å². The molecule has 0 radical (unpaired) electrons. The van der Waals surface area contributed by atoms with E-state index in [1.807, 2.05) is 10.8 Å². The first-order chi connectivity index (χ1) is 13.6. The van der Waals surface area contributed by atoms with E-state index in [1.54, 1.807) is 18.3 Å². The van der Waals surface area contributed by atoms with Gasteiger partial charge in [-0.15, -0.1) is 0 Å². The largest absolute Gasteiger partial charge is 0.395 e. The fourth-order valence-electron chi connectivity index (χ4n) is 3.66. The molecule has 0 fully saturated rings. The van der Waals surface area contributed by atoms with Crippen molar-refractivity contribution in [2.24, 2.45) is 0 Å². The molecule has 0 aliphatic carbocycles. The molecule has 0 bridgehead atoms. The lowest BCUT2D eigenvalue weighted by molar-refractivity contribution is -0.0606. The van der Waals surface area contributed by atoms with E-state index in [9.17, 15) is 14.4 Å². The Kier molecular flexibility index (Phi) is 5.08. The van der Waals surface area contributed by atoms with E-state index >= 15 is 0 Å². The minimum absolute atomic E-state index is 0.0336. The molecule has 4 rings (SSSR count). The highest BCUT2D eigenvalue weighted by molar-refractivity contribution is 6.00. The quantitative estimate of drug-likeness (QED) is 0.445. The van der Waals surface area contributed by atoms with Gasteiger partial charge in [0.25, 0.3) is 5.91 Å².